The highest BCUT2D eigenvalue weighted by molar-refractivity contribution is 6.11. The Morgan fingerprint density at radius 2 is 0.530 bits per heavy atom. The van der Waals surface area contributed by atoms with Crippen LogP contribution in [0.5, 0.6) is 0 Å². The lowest BCUT2D eigenvalue weighted by molar-refractivity contribution is 1.14. The molecule has 0 spiro atoms. The summed E-state index contributed by atoms with van der Waals surface area (Å²) in [6.07, 6.45) is 1.49. The van der Waals surface area contributed by atoms with Crippen LogP contribution in [0, 0.1) is 0 Å². The van der Waals surface area contributed by atoms with Gasteiger partial charge in [0, 0.05) is 22.5 Å². The summed E-state index contributed by atoms with van der Waals surface area (Å²) >= 11 is 0. The lowest BCUT2D eigenvalue weighted by atomic mass is 9.76. The van der Waals surface area contributed by atoms with E-state index < -0.39 is 0 Å². The van der Waals surface area contributed by atoms with Gasteiger partial charge in [-0.25, -0.2) is 0 Å². The van der Waals surface area contributed by atoms with Crippen LogP contribution in [0.15, 0.2) is 231 Å². The molecule has 0 aliphatic carbocycles. The molecular weight excluding hydrogens is 797 g/mol. The van der Waals surface area contributed by atoms with Crippen molar-refractivity contribution >= 4 is 11.4 Å². The van der Waals surface area contributed by atoms with Crippen molar-refractivity contribution in [3.63, 3.8) is 0 Å². The number of hydrogen-bond acceptors (Lipinski definition) is 2. The summed E-state index contributed by atoms with van der Waals surface area (Å²) in [5.41, 5.74) is 39.0. The van der Waals surface area contributed by atoms with Gasteiger partial charge in [-0.05, 0) is 119 Å². The Morgan fingerprint density at radius 3 is 0.879 bits per heavy atom. The molecule has 0 atom stereocenters. The van der Waals surface area contributed by atoms with Crippen LogP contribution < -0.4 is 11.5 Å². The van der Waals surface area contributed by atoms with Gasteiger partial charge >= 0.3 is 0 Å². The normalized spacial score (nSPS) is 11.1. The summed E-state index contributed by atoms with van der Waals surface area (Å²) in [6, 6.07) is 82.8. The molecule has 66 heavy (non-hydrogen) atoms. The topological polar surface area (TPSA) is 52.0 Å². The molecule has 0 heterocycles. The van der Waals surface area contributed by atoms with Gasteiger partial charge in [0.1, 0.15) is 0 Å². The second-order valence-electron chi connectivity index (χ2n) is 16.9. The predicted octanol–water partition coefficient (Wildman–Crippen LogP) is 17.0. The van der Waals surface area contributed by atoms with Gasteiger partial charge in [-0.15, -0.1) is 0 Å². The zero-order valence-electron chi connectivity index (χ0n) is 37.5. The molecule has 0 saturated carbocycles. The monoisotopic (exact) mass is 848 g/mol. The van der Waals surface area contributed by atoms with E-state index in [0.29, 0.717) is 0 Å². The maximum atomic E-state index is 7.72. The van der Waals surface area contributed by atoms with Gasteiger partial charge in [0.2, 0.25) is 0 Å². The van der Waals surface area contributed by atoms with Crippen LogP contribution in [-0.4, -0.2) is 0 Å². The molecule has 10 aromatic carbocycles. The van der Waals surface area contributed by atoms with Gasteiger partial charge in [-0.1, -0.05) is 238 Å². The van der Waals surface area contributed by atoms with E-state index in [4.69, 9.17) is 11.5 Å². The maximum Gasteiger partial charge on any atom is 0.0439 e. The first-order valence-electron chi connectivity index (χ1n) is 23.0. The largest absolute Gasteiger partial charge is 0.398 e. The Hall–Kier alpha value is -8.20. The quantitative estimate of drug-likeness (QED) is 0.127. The third kappa shape index (κ3) is 7.99. The third-order valence-electron chi connectivity index (χ3n) is 13.1. The molecule has 0 amide bonds. The first-order chi connectivity index (χ1) is 32.5. The Kier molecular flexibility index (Phi) is 11.7. The molecule has 0 aromatic heterocycles. The zero-order chi connectivity index (χ0) is 45.0. The standard InChI is InChI=1S/C64H52N2/c1-3-55-58(65)42-41-57(59(55)51-33-25-47(26-34-51)43-17-9-5-10-18-43)63-60(52-35-27-48(28-36-52)44-19-11-6-12-20-44)56(4-2)64(66)62(54-39-31-50(32-40-54)46-23-15-8-16-24-46)61(63)53-37-29-49(30-38-53)45-21-13-7-14-22-45/h5-42H,3-4,65-66H2,1-2H3. The number of anilines is 2. The summed E-state index contributed by atoms with van der Waals surface area (Å²) in [5, 5.41) is 0. The summed E-state index contributed by atoms with van der Waals surface area (Å²) in [6.45, 7) is 4.45. The van der Waals surface area contributed by atoms with Crippen LogP contribution >= 0.6 is 0 Å². The van der Waals surface area contributed by atoms with Crippen LogP contribution in [-0.2, 0) is 12.8 Å². The third-order valence-corrected chi connectivity index (χ3v) is 13.1. The molecule has 318 valence electrons. The average molecular weight is 849 g/mol. The lowest BCUT2D eigenvalue weighted by Gasteiger charge is -2.28. The SMILES string of the molecule is CCc1c(N)ccc(-c2c(-c3ccc(-c4ccccc4)cc3)c(CC)c(N)c(-c3ccc(-c4ccccc4)cc3)c2-c2ccc(-c3ccccc3)cc2)c1-c1ccc(-c2ccccc2)cc1. The fourth-order valence-corrected chi connectivity index (χ4v) is 9.79. The lowest BCUT2D eigenvalue weighted by Crippen LogP contribution is -2.07. The van der Waals surface area contributed by atoms with Crippen molar-refractivity contribution in [3.05, 3.63) is 242 Å². The summed E-state index contributed by atoms with van der Waals surface area (Å²) < 4.78 is 0. The van der Waals surface area contributed by atoms with Gasteiger partial charge in [-0.2, -0.15) is 0 Å². The number of nitrogens with two attached hydrogens (primary N) is 2. The summed E-state index contributed by atoms with van der Waals surface area (Å²) in [5.74, 6) is 0. The maximum absolute atomic E-state index is 7.72. The molecule has 0 saturated heterocycles. The van der Waals surface area contributed by atoms with Crippen molar-refractivity contribution < 1.29 is 0 Å². The highest BCUT2D eigenvalue weighted by atomic mass is 14.6. The van der Waals surface area contributed by atoms with Crippen LogP contribution in [0.3, 0.4) is 0 Å². The molecule has 0 unspecified atom stereocenters. The second-order valence-corrected chi connectivity index (χ2v) is 16.9. The smallest absolute Gasteiger partial charge is 0.0439 e. The van der Waals surface area contributed by atoms with Gasteiger partial charge in [-0.3, -0.25) is 0 Å². The number of nitrogen functional groups attached to an aromatic ring is 2. The molecule has 10 rings (SSSR count). The first-order valence-corrected chi connectivity index (χ1v) is 23.0. The Bertz CT molecular complexity index is 3250. The first kappa shape index (κ1) is 41.8. The highest BCUT2D eigenvalue weighted by Crippen LogP contribution is 2.54. The minimum absolute atomic E-state index is 0.730. The number of rotatable bonds is 11. The van der Waals surface area contributed by atoms with Crippen LogP contribution in [0.4, 0.5) is 11.4 Å². The molecular formula is C64H52N2. The van der Waals surface area contributed by atoms with Crippen molar-refractivity contribution in [2.24, 2.45) is 0 Å². The molecule has 0 fully saturated rings. The van der Waals surface area contributed by atoms with E-state index in [0.717, 1.165) is 102 Å². The number of hydrogen-bond donors (Lipinski definition) is 2. The molecule has 4 N–H and O–H groups in total. The van der Waals surface area contributed by atoms with E-state index >= 15 is 0 Å². The summed E-state index contributed by atoms with van der Waals surface area (Å²) in [4.78, 5) is 0. The minimum atomic E-state index is 0.730. The molecule has 2 heteroatoms. The zero-order valence-corrected chi connectivity index (χ0v) is 37.5. The average Bonchev–Trinajstić information content (AvgIpc) is 3.39. The van der Waals surface area contributed by atoms with Crippen molar-refractivity contribution in [1.82, 2.24) is 0 Å². The number of benzene rings is 10. The highest BCUT2D eigenvalue weighted by Gasteiger charge is 2.29. The van der Waals surface area contributed by atoms with Crippen LogP contribution in [0.25, 0.3) is 100 Å². The van der Waals surface area contributed by atoms with E-state index in [-0.39, 0.29) is 0 Å². The van der Waals surface area contributed by atoms with E-state index in [2.05, 4.69) is 244 Å². The summed E-state index contributed by atoms with van der Waals surface area (Å²) in [7, 11) is 0. The molecule has 0 radical (unpaired) electrons. The van der Waals surface area contributed by atoms with E-state index in [1.54, 1.807) is 0 Å². The Labute approximate surface area is 389 Å². The van der Waals surface area contributed by atoms with E-state index in [1.165, 1.54) is 33.4 Å². The predicted molar refractivity (Wildman–Crippen MR) is 283 cm³/mol. The van der Waals surface area contributed by atoms with Crippen LogP contribution in [0.1, 0.15) is 25.0 Å². The molecule has 10 aromatic rings. The molecule has 2 nitrogen and oxygen atoms in total. The van der Waals surface area contributed by atoms with Gasteiger partial charge in [0.05, 0.1) is 0 Å². The van der Waals surface area contributed by atoms with Crippen molar-refractivity contribution in [2.45, 2.75) is 26.7 Å². The van der Waals surface area contributed by atoms with E-state index in [9.17, 15) is 0 Å². The fourth-order valence-electron chi connectivity index (χ4n) is 9.79. The van der Waals surface area contributed by atoms with Crippen LogP contribution in [0.2, 0.25) is 0 Å². The Balaban J connectivity index is 1.31. The van der Waals surface area contributed by atoms with E-state index in [1.807, 2.05) is 0 Å². The molecule has 0 aliphatic heterocycles. The molecule has 0 aliphatic rings. The van der Waals surface area contributed by atoms with Gasteiger partial charge in [0.15, 0.2) is 0 Å². The van der Waals surface area contributed by atoms with Gasteiger partial charge in [0.25, 0.3) is 0 Å². The minimum Gasteiger partial charge on any atom is -0.398 e. The van der Waals surface area contributed by atoms with Gasteiger partial charge < -0.3 is 11.5 Å². The fraction of sp³-hybridized carbons (Fsp3) is 0.0625. The molecule has 0 bridgehead atoms. The van der Waals surface area contributed by atoms with Crippen molar-refractivity contribution in [3.8, 4) is 100 Å². The van der Waals surface area contributed by atoms with Crippen molar-refractivity contribution in [2.75, 3.05) is 11.5 Å². The van der Waals surface area contributed by atoms with Crippen molar-refractivity contribution in [1.29, 1.82) is 0 Å². The Morgan fingerprint density at radius 1 is 0.242 bits per heavy atom. The second kappa shape index (κ2) is 18.5.